The van der Waals surface area contributed by atoms with Gasteiger partial charge >= 0.3 is 5.97 Å². The van der Waals surface area contributed by atoms with Crippen molar-refractivity contribution in [3.8, 4) is 5.75 Å². The van der Waals surface area contributed by atoms with Gasteiger partial charge in [0.1, 0.15) is 5.75 Å². The molecule has 0 bridgehead atoms. The fraction of sp³-hybridized carbons (Fsp3) is 0.467. The minimum atomic E-state index is -0.857. The summed E-state index contributed by atoms with van der Waals surface area (Å²) in [6, 6.07) is 6.76. The predicted octanol–water partition coefficient (Wildman–Crippen LogP) is 2.29. The fourth-order valence-corrected chi connectivity index (χ4v) is 2.62. The molecule has 114 valence electrons. The van der Waals surface area contributed by atoms with Gasteiger partial charge in [-0.25, -0.2) is 0 Å². The molecule has 2 rings (SSSR count). The van der Waals surface area contributed by atoms with Gasteiger partial charge in [0.25, 0.3) is 5.91 Å². The van der Waals surface area contributed by atoms with Crippen LogP contribution in [0, 0.1) is 11.8 Å². The Balaban J connectivity index is 1.97. The molecule has 0 aliphatic carbocycles. The van der Waals surface area contributed by atoms with Gasteiger partial charge in [-0.2, -0.15) is 0 Å². The van der Waals surface area contributed by atoms with Crippen LogP contribution >= 0.6 is 11.6 Å². The molecule has 0 spiro atoms. The Morgan fingerprint density at radius 1 is 1.33 bits per heavy atom. The Bertz CT molecular complexity index is 531. The third kappa shape index (κ3) is 3.67. The number of carboxylic acids is 1. The van der Waals surface area contributed by atoms with Crippen LogP contribution < -0.4 is 4.74 Å². The zero-order chi connectivity index (χ0) is 15.6. The third-order valence-corrected chi connectivity index (χ3v) is 3.97. The first-order chi connectivity index (χ1) is 9.88. The van der Waals surface area contributed by atoms with Crippen molar-refractivity contribution in [3.63, 3.8) is 0 Å². The average molecular weight is 312 g/mol. The number of hydrogen-bond donors (Lipinski definition) is 1. The van der Waals surface area contributed by atoms with Crippen molar-refractivity contribution in [1.29, 1.82) is 0 Å². The molecule has 0 saturated carbocycles. The number of aliphatic carboxylic acids is 1. The number of hydrogen-bond acceptors (Lipinski definition) is 3. The minimum absolute atomic E-state index is 0.0471. The number of carbonyl (C=O) groups is 2. The summed E-state index contributed by atoms with van der Waals surface area (Å²) in [4.78, 5) is 25.0. The zero-order valence-corrected chi connectivity index (χ0v) is 12.7. The summed E-state index contributed by atoms with van der Waals surface area (Å²) in [5.41, 5.74) is 0. The van der Waals surface area contributed by atoms with E-state index in [2.05, 4.69) is 0 Å². The number of carbonyl (C=O) groups excluding carboxylic acids is 1. The molecule has 1 aliphatic rings. The van der Waals surface area contributed by atoms with Crippen molar-refractivity contribution in [1.82, 2.24) is 4.90 Å². The lowest BCUT2D eigenvalue weighted by molar-refractivity contribution is -0.142. The van der Waals surface area contributed by atoms with E-state index in [0.29, 0.717) is 17.3 Å². The van der Waals surface area contributed by atoms with E-state index in [9.17, 15) is 9.59 Å². The number of nitrogens with zero attached hydrogens (tertiary/aromatic N) is 1. The molecule has 0 aromatic heterocycles. The summed E-state index contributed by atoms with van der Waals surface area (Å²) >= 11 is 5.79. The molecule has 3 atom stereocenters. The smallest absolute Gasteiger partial charge is 0.308 e. The number of amides is 1. The molecule has 5 nitrogen and oxygen atoms in total. The Kier molecular flexibility index (Phi) is 4.73. The van der Waals surface area contributed by atoms with Crippen LogP contribution in [0.2, 0.25) is 5.02 Å². The van der Waals surface area contributed by atoms with E-state index in [1.807, 2.05) is 6.92 Å². The van der Waals surface area contributed by atoms with Gasteiger partial charge in [-0.15, -0.1) is 0 Å². The van der Waals surface area contributed by atoms with Crippen molar-refractivity contribution in [3.05, 3.63) is 29.3 Å². The molecule has 6 heteroatoms. The first kappa shape index (κ1) is 15.6. The van der Waals surface area contributed by atoms with Crippen LogP contribution in [0.25, 0.3) is 0 Å². The first-order valence-electron chi connectivity index (χ1n) is 6.82. The molecule has 21 heavy (non-hydrogen) atoms. The maximum atomic E-state index is 12.3. The quantitative estimate of drug-likeness (QED) is 0.926. The molecule has 1 heterocycles. The van der Waals surface area contributed by atoms with Gasteiger partial charge in [-0.3, -0.25) is 9.59 Å². The molecule has 1 amide bonds. The number of ether oxygens (including phenoxy) is 1. The van der Waals surface area contributed by atoms with Gasteiger partial charge < -0.3 is 14.7 Å². The van der Waals surface area contributed by atoms with E-state index >= 15 is 0 Å². The minimum Gasteiger partial charge on any atom is -0.481 e. The van der Waals surface area contributed by atoms with Gasteiger partial charge in [0, 0.05) is 18.1 Å². The molecule has 1 saturated heterocycles. The van der Waals surface area contributed by atoms with E-state index in [1.54, 1.807) is 36.1 Å². The largest absolute Gasteiger partial charge is 0.481 e. The van der Waals surface area contributed by atoms with Gasteiger partial charge in [-0.1, -0.05) is 18.5 Å². The van der Waals surface area contributed by atoms with Crippen molar-refractivity contribution < 1.29 is 19.4 Å². The average Bonchev–Trinajstić information content (AvgIpc) is 2.82. The summed E-state index contributed by atoms with van der Waals surface area (Å²) in [6.45, 7) is 4.19. The lowest BCUT2D eigenvalue weighted by Gasteiger charge is -2.21. The highest BCUT2D eigenvalue weighted by Gasteiger charge is 2.38. The van der Waals surface area contributed by atoms with E-state index in [4.69, 9.17) is 21.4 Å². The molecule has 1 fully saturated rings. The standard InChI is InChI=1S/C15H18ClNO4/c1-9-7-17(8-13(9)15(19)20)14(18)10(2)21-12-5-3-11(16)4-6-12/h3-6,9-10,13H,7-8H2,1-2H3,(H,19,20)/t9-,10?,13-/m1/s1. The van der Waals surface area contributed by atoms with Crippen LogP contribution in [0.5, 0.6) is 5.75 Å². The second-order valence-electron chi connectivity index (χ2n) is 5.38. The van der Waals surface area contributed by atoms with Crippen LogP contribution in [0.15, 0.2) is 24.3 Å². The molecule has 1 aromatic rings. The summed E-state index contributed by atoms with van der Waals surface area (Å²) in [5.74, 6) is -1.04. The number of carboxylic acid groups (broad SMARTS) is 1. The Labute approximate surface area is 128 Å². The van der Waals surface area contributed by atoms with Gasteiger partial charge in [0.2, 0.25) is 0 Å². The first-order valence-corrected chi connectivity index (χ1v) is 7.20. The highest BCUT2D eigenvalue weighted by Crippen LogP contribution is 2.24. The molecule has 1 aromatic carbocycles. The van der Waals surface area contributed by atoms with Gasteiger partial charge in [-0.05, 0) is 37.1 Å². The van der Waals surface area contributed by atoms with Crippen LogP contribution in [-0.4, -0.2) is 41.1 Å². The number of rotatable bonds is 4. The van der Waals surface area contributed by atoms with Gasteiger partial charge in [0.05, 0.1) is 5.92 Å². The summed E-state index contributed by atoms with van der Waals surface area (Å²) in [6.07, 6.45) is -0.661. The second-order valence-corrected chi connectivity index (χ2v) is 5.82. The Hall–Kier alpha value is -1.75. The summed E-state index contributed by atoms with van der Waals surface area (Å²) < 4.78 is 5.58. The van der Waals surface area contributed by atoms with Gasteiger partial charge in [0.15, 0.2) is 6.10 Å². The van der Waals surface area contributed by atoms with E-state index < -0.39 is 18.0 Å². The maximum absolute atomic E-state index is 12.3. The van der Waals surface area contributed by atoms with Crippen molar-refractivity contribution in [2.75, 3.05) is 13.1 Å². The van der Waals surface area contributed by atoms with Crippen LogP contribution in [0.3, 0.4) is 0 Å². The van der Waals surface area contributed by atoms with Crippen LogP contribution in [0.1, 0.15) is 13.8 Å². The zero-order valence-electron chi connectivity index (χ0n) is 12.0. The van der Waals surface area contributed by atoms with E-state index in [0.717, 1.165) is 0 Å². The highest BCUT2D eigenvalue weighted by molar-refractivity contribution is 6.30. The number of likely N-dealkylation sites (tertiary alicyclic amines) is 1. The van der Waals surface area contributed by atoms with E-state index in [1.165, 1.54) is 0 Å². The number of halogens is 1. The molecular weight excluding hydrogens is 294 g/mol. The van der Waals surface area contributed by atoms with Crippen molar-refractivity contribution in [2.45, 2.75) is 20.0 Å². The molecule has 1 N–H and O–H groups in total. The molecule has 0 radical (unpaired) electrons. The second kappa shape index (κ2) is 6.35. The molecule has 1 aliphatic heterocycles. The van der Waals surface area contributed by atoms with Crippen LogP contribution in [0.4, 0.5) is 0 Å². The highest BCUT2D eigenvalue weighted by atomic mass is 35.5. The molecular formula is C15H18ClNO4. The lowest BCUT2D eigenvalue weighted by atomic mass is 9.99. The fourth-order valence-electron chi connectivity index (χ4n) is 2.49. The maximum Gasteiger partial charge on any atom is 0.308 e. The summed E-state index contributed by atoms with van der Waals surface area (Å²) in [7, 11) is 0. The Morgan fingerprint density at radius 2 is 1.95 bits per heavy atom. The SMILES string of the molecule is CC(Oc1ccc(Cl)cc1)C(=O)N1C[C@@H](C)[C@H](C(=O)O)C1. The van der Waals surface area contributed by atoms with Crippen molar-refractivity contribution >= 4 is 23.5 Å². The monoisotopic (exact) mass is 311 g/mol. The molecule has 1 unspecified atom stereocenters. The lowest BCUT2D eigenvalue weighted by Crippen LogP contribution is -2.39. The normalized spacial score (nSPS) is 22.9. The predicted molar refractivity (Wildman–Crippen MR) is 78.4 cm³/mol. The van der Waals surface area contributed by atoms with Crippen LogP contribution in [-0.2, 0) is 9.59 Å². The summed E-state index contributed by atoms with van der Waals surface area (Å²) in [5, 5.41) is 9.70. The van der Waals surface area contributed by atoms with E-state index in [-0.39, 0.29) is 18.4 Å². The number of benzene rings is 1. The topological polar surface area (TPSA) is 66.8 Å². The Morgan fingerprint density at radius 3 is 2.48 bits per heavy atom. The van der Waals surface area contributed by atoms with Crippen molar-refractivity contribution in [2.24, 2.45) is 11.8 Å². The third-order valence-electron chi connectivity index (χ3n) is 3.72.